The van der Waals surface area contributed by atoms with Crippen LogP contribution in [0.15, 0.2) is 87.5 Å². The molecule has 3 aromatic carbocycles. The average molecular weight is 469 g/mol. The van der Waals surface area contributed by atoms with E-state index in [0.29, 0.717) is 16.9 Å². The van der Waals surface area contributed by atoms with E-state index in [4.69, 9.17) is 4.84 Å². The summed E-state index contributed by atoms with van der Waals surface area (Å²) < 4.78 is 0.855. The molecule has 0 aliphatic heterocycles. The Balaban J connectivity index is 1.55. The maximum absolute atomic E-state index is 12.0. The first kappa shape index (κ1) is 20.8. The summed E-state index contributed by atoms with van der Waals surface area (Å²) in [6.45, 7) is 0. The number of nitro groups is 1. The number of azo groups is 1. The zero-order valence-electron chi connectivity index (χ0n) is 15.2. The van der Waals surface area contributed by atoms with Gasteiger partial charge in [-0.25, -0.2) is 10.3 Å². The molecule has 1 amide bonds. The van der Waals surface area contributed by atoms with Gasteiger partial charge in [-0.1, -0.05) is 15.9 Å². The van der Waals surface area contributed by atoms with Crippen molar-refractivity contribution in [3.05, 3.63) is 98.5 Å². The molecule has 0 aliphatic rings. The summed E-state index contributed by atoms with van der Waals surface area (Å²) >= 11 is 3.29. The molecule has 10 heteroatoms. The smallest absolute Gasteiger partial charge is 0.338 e. The van der Waals surface area contributed by atoms with Crippen molar-refractivity contribution in [1.82, 2.24) is 0 Å². The first-order valence-corrected chi connectivity index (χ1v) is 9.25. The maximum Gasteiger partial charge on any atom is 0.362 e. The van der Waals surface area contributed by atoms with Gasteiger partial charge in [-0.3, -0.25) is 14.9 Å². The van der Waals surface area contributed by atoms with Crippen LogP contribution in [-0.2, 0) is 4.84 Å². The highest BCUT2D eigenvalue weighted by molar-refractivity contribution is 9.10. The van der Waals surface area contributed by atoms with E-state index < -0.39 is 16.8 Å². The molecule has 1 N–H and O–H groups in total. The molecule has 0 heterocycles. The minimum absolute atomic E-state index is 0.122. The number of carbonyl (C=O) groups excluding carboxylic acids is 2. The number of carbonyl (C=O) groups is 2. The molecule has 0 saturated carbocycles. The Morgan fingerprint density at radius 1 is 0.900 bits per heavy atom. The van der Waals surface area contributed by atoms with Crippen molar-refractivity contribution < 1.29 is 19.3 Å². The second-order valence-electron chi connectivity index (χ2n) is 5.85. The lowest BCUT2D eigenvalue weighted by Gasteiger charge is -2.06. The number of hydrogen-bond donors (Lipinski definition) is 1. The first-order valence-electron chi connectivity index (χ1n) is 8.46. The number of halogens is 1. The van der Waals surface area contributed by atoms with E-state index in [0.717, 1.165) is 4.47 Å². The van der Waals surface area contributed by atoms with Crippen LogP contribution in [0, 0.1) is 10.1 Å². The predicted molar refractivity (Wildman–Crippen MR) is 112 cm³/mol. The van der Waals surface area contributed by atoms with Crippen molar-refractivity contribution in [2.45, 2.75) is 0 Å². The second kappa shape index (κ2) is 9.52. The lowest BCUT2D eigenvalue weighted by atomic mass is 10.2. The van der Waals surface area contributed by atoms with Gasteiger partial charge in [-0.2, -0.15) is 0 Å². The van der Waals surface area contributed by atoms with Gasteiger partial charge in [-0.15, -0.1) is 10.2 Å². The number of nitrogens with one attached hydrogen (secondary N) is 1. The summed E-state index contributed by atoms with van der Waals surface area (Å²) in [6, 6.07) is 18.1. The summed E-state index contributed by atoms with van der Waals surface area (Å²) in [7, 11) is 0. The number of anilines is 1. The molecule has 0 unspecified atom stereocenters. The third-order valence-corrected chi connectivity index (χ3v) is 4.32. The Bertz CT molecular complexity index is 1100. The molecular formula is C20H13BrN4O5. The Hall–Kier alpha value is -3.92. The Morgan fingerprint density at radius 3 is 2.10 bits per heavy atom. The zero-order valence-corrected chi connectivity index (χ0v) is 16.8. The summed E-state index contributed by atoms with van der Waals surface area (Å²) in [6.07, 6.45) is 0. The van der Waals surface area contributed by atoms with Crippen LogP contribution < -0.4 is 5.48 Å². The molecule has 0 bridgehead atoms. The van der Waals surface area contributed by atoms with Gasteiger partial charge < -0.3 is 4.84 Å². The number of non-ortho nitro benzene ring substituents is 1. The van der Waals surface area contributed by atoms with Gasteiger partial charge in [0, 0.05) is 22.2 Å². The normalized spacial score (nSPS) is 10.6. The molecule has 0 spiro atoms. The largest absolute Gasteiger partial charge is 0.362 e. The average Bonchev–Trinajstić information content (AvgIpc) is 2.77. The monoisotopic (exact) mass is 468 g/mol. The Morgan fingerprint density at radius 2 is 1.50 bits per heavy atom. The number of nitrogens with zero attached hydrogens (tertiary/aromatic N) is 3. The number of amides is 1. The third kappa shape index (κ3) is 5.55. The first-order chi connectivity index (χ1) is 14.4. The highest BCUT2D eigenvalue weighted by Crippen LogP contribution is 2.19. The molecule has 150 valence electrons. The molecule has 0 aliphatic carbocycles. The van der Waals surface area contributed by atoms with E-state index in [1.165, 1.54) is 24.3 Å². The molecule has 0 radical (unpaired) electrons. The van der Waals surface area contributed by atoms with E-state index >= 15 is 0 Å². The Labute approximate surface area is 178 Å². The van der Waals surface area contributed by atoms with Crippen molar-refractivity contribution in [2.75, 3.05) is 5.48 Å². The number of nitro benzene ring substituents is 1. The van der Waals surface area contributed by atoms with E-state index in [2.05, 4.69) is 31.6 Å². The van der Waals surface area contributed by atoms with Crippen molar-refractivity contribution in [3.8, 4) is 0 Å². The zero-order chi connectivity index (χ0) is 21.5. The van der Waals surface area contributed by atoms with E-state index in [9.17, 15) is 19.7 Å². The minimum atomic E-state index is -0.700. The summed E-state index contributed by atoms with van der Waals surface area (Å²) in [5.74, 6) is -1.17. The molecule has 0 aromatic heterocycles. The lowest BCUT2D eigenvalue weighted by Crippen LogP contribution is -2.10. The molecule has 0 fully saturated rings. The summed E-state index contributed by atoms with van der Waals surface area (Å²) in [5.41, 5.74) is 3.83. The quantitative estimate of drug-likeness (QED) is 0.290. The van der Waals surface area contributed by atoms with Crippen LogP contribution in [0.5, 0.6) is 0 Å². The van der Waals surface area contributed by atoms with Gasteiger partial charge in [0.1, 0.15) is 0 Å². The highest BCUT2D eigenvalue weighted by atomic mass is 79.9. The SMILES string of the molecule is O=C(N=Nc1ccc(NOC(=O)c2ccc([N+](=O)[O-])cc2)cc1)c1ccc(Br)cc1. The van der Waals surface area contributed by atoms with Crippen LogP contribution in [0.3, 0.4) is 0 Å². The van der Waals surface area contributed by atoms with Crippen LogP contribution in [0.1, 0.15) is 20.7 Å². The van der Waals surface area contributed by atoms with Crippen molar-refractivity contribution in [2.24, 2.45) is 10.2 Å². The van der Waals surface area contributed by atoms with Crippen LogP contribution in [0.25, 0.3) is 0 Å². The van der Waals surface area contributed by atoms with Crippen LogP contribution >= 0.6 is 15.9 Å². The van der Waals surface area contributed by atoms with Crippen LogP contribution in [0.2, 0.25) is 0 Å². The molecule has 3 aromatic rings. The Kier molecular flexibility index (Phi) is 6.60. The van der Waals surface area contributed by atoms with Crippen molar-refractivity contribution >= 4 is 44.9 Å². The topological polar surface area (TPSA) is 123 Å². The fourth-order valence-corrected chi connectivity index (χ4v) is 2.50. The van der Waals surface area contributed by atoms with E-state index in [1.54, 1.807) is 48.5 Å². The van der Waals surface area contributed by atoms with Crippen molar-refractivity contribution in [1.29, 1.82) is 0 Å². The second-order valence-corrected chi connectivity index (χ2v) is 6.77. The summed E-state index contributed by atoms with van der Waals surface area (Å²) in [4.78, 5) is 39.0. The number of benzene rings is 3. The van der Waals surface area contributed by atoms with Gasteiger partial charge >= 0.3 is 5.97 Å². The third-order valence-electron chi connectivity index (χ3n) is 3.79. The number of rotatable bonds is 6. The van der Waals surface area contributed by atoms with E-state index in [1.807, 2.05) is 0 Å². The predicted octanol–water partition coefficient (Wildman–Crippen LogP) is 5.47. The molecule has 0 atom stereocenters. The fraction of sp³-hybridized carbons (Fsp3) is 0. The van der Waals surface area contributed by atoms with Crippen LogP contribution in [0.4, 0.5) is 17.1 Å². The van der Waals surface area contributed by atoms with Gasteiger partial charge in [0.05, 0.1) is 21.9 Å². The molecule has 3 rings (SSSR count). The van der Waals surface area contributed by atoms with Crippen molar-refractivity contribution in [3.63, 3.8) is 0 Å². The minimum Gasteiger partial charge on any atom is -0.338 e. The lowest BCUT2D eigenvalue weighted by molar-refractivity contribution is -0.384. The van der Waals surface area contributed by atoms with E-state index in [-0.39, 0.29) is 11.3 Å². The van der Waals surface area contributed by atoms with Gasteiger partial charge in [0.2, 0.25) is 0 Å². The fourth-order valence-electron chi connectivity index (χ4n) is 2.23. The van der Waals surface area contributed by atoms with Gasteiger partial charge in [0.25, 0.3) is 11.6 Å². The number of hydrogen-bond acceptors (Lipinski definition) is 7. The molecular weight excluding hydrogens is 456 g/mol. The van der Waals surface area contributed by atoms with Gasteiger partial charge in [-0.05, 0) is 60.7 Å². The maximum atomic E-state index is 12.0. The standard InChI is InChI=1S/C20H13BrN4O5/c21-15-5-1-13(2-6-15)19(26)23-22-16-7-9-17(10-8-16)24-30-20(27)14-3-11-18(12-4-14)25(28)29/h1-12,24H. The summed E-state index contributed by atoms with van der Waals surface area (Å²) in [5, 5.41) is 18.2. The molecule has 30 heavy (non-hydrogen) atoms. The highest BCUT2D eigenvalue weighted by Gasteiger charge is 2.11. The molecule has 9 nitrogen and oxygen atoms in total. The van der Waals surface area contributed by atoms with Crippen LogP contribution in [-0.4, -0.2) is 16.8 Å². The van der Waals surface area contributed by atoms with Gasteiger partial charge in [0.15, 0.2) is 0 Å². The molecule has 0 saturated heterocycles.